The van der Waals surface area contributed by atoms with Crippen LogP contribution in [0.2, 0.25) is 0 Å². The predicted molar refractivity (Wildman–Crippen MR) is 66.4 cm³/mol. The van der Waals surface area contributed by atoms with Gasteiger partial charge in [-0.1, -0.05) is 6.08 Å². The molecule has 1 heterocycles. The number of amides is 1. The molecule has 0 bridgehead atoms. The Kier molecular flexibility index (Phi) is 2.51. The number of rotatable bonds is 3. The van der Waals surface area contributed by atoms with Crippen LogP contribution in [0.4, 0.5) is 0 Å². The molecule has 0 radical (unpaired) electrons. The van der Waals surface area contributed by atoms with Gasteiger partial charge in [-0.2, -0.15) is 0 Å². The third-order valence-corrected chi connectivity index (χ3v) is 4.37. The van der Waals surface area contributed by atoms with Crippen LogP contribution >= 0.6 is 22.9 Å². The van der Waals surface area contributed by atoms with Crippen molar-refractivity contribution in [2.75, 3.05) is 13.1 Å². The van der Waals surface area contributed by atoms with Crippen LogP contribution in [0.1, 0.15) is 19.3 Å². The molecule has 1 aliphatic heterocycles. The molecule has 1 saturated heterocycles. The van der Waals surface area contributed by atoms with Crippen LogP contribution in [-0.2, 0) is 4.79 Å². The first-order chi connectivity index (χ1) is 7.31. The first-order valence-corrected chi connectivity index (χ1v) is 6.72. The van der Waals surface area contributed by atoms with Crippen LogP contribution in [0.25, 0.3) is 0 Å². The summed E-state index contributed by atoms with van der Waals surface area (Å²) in [5, 5.41) is 0. The summed E-state index contributed by atoms with van der Waals surface area (Å²) in [6.07, 6.45) is 5.51. The van der Waals surface area contributed by atoms with E-state index >= 15 is 0 Å². The molecule has 0 aromatic rings. The Bertz CT molecular complexity index is 329. The number of piperidine rings is 1. The summed E-state index contributed by atoms with van der Waals surface area (Å²) in [5.74, 6) is 1.91. The molecule has 82 valence electrons. The van der Waals surface area contributed by atoms with Crippen molar-refractivity contribution in [2.24, 2.45) is 11.8 Å². The van der Waals surface area contributed by atoms with E-state index in [9.17, 15) is 4.79 Å². The van der Waals surface area contributed by atoms with E-state index in [0.29, 0.717) is 11.9 Å². The summed E-state index contributed by atoms with van der Waals surface area (Å²) in [6, 6.07) is 0.459. The van der Waals surface area contributed by atoms with Gasteiger partial charge in [0.05, 0.1) is 0 Å². The quantitative estimate of drug-likeness (QED) is 0.632. The lowest BCUT2D eigenvalue weighted by Gasteiger charge is -2.29. The van der Waals surface area contributed by atoms with E-state index in [-0.39, 0.29) is 0 Å². The molecule has 0 aromatic heterocycles. The van der Waals surface area contributed by atoms with Gasteiger partial charge in [-0.05, 0) is 31.1 Å². The Morgan fingerprint density at radius 1 is 1.67 bits per heavy atom. The number of carbonyl (C=O) groups excluding carboxylic acids is 1. The highest BCUT2D eigenvalue weighted by atomic mass is 127. The monoisotopic (exact) mass is 318 g/mol. The average molecular weight is 318 g/mol. The number of allylic oxidation sites excluding steroid dienone is 1. The fourth-order valence-electron chi connectivity index (χ4n) is 2.81. The van der Waals surface area contributed by atoms with E-state index in [2.05, 4.69) is 37.4 Å². The van der Waals surface area contributed by atoms with Gasteiger partial charge in [0, 0.05) is 47.6 Å². The summed E-state index contributed by atoms with van der Waals surface area (Å²) < 4.78 is 3.18. The Hall–Kier alpha value is -0.100. The first-order valence-electron chi connectivity index (χ1n) is 5.64. The summed E-state index contributed by atoms with van der Waals surface area (Å²) >= 11 is 2.18. The Morgan fingerprint density at radius 3 is 3.07 bits per heavy atom. The molecule has 1 saturated carbocycles. The number of fused-ring (bicyclic) bond motifs is 1. The van der Waals surface area contributed by atoms with E-state index in [1.807, 2.05) is 0 Å². The highest BCUT2D eigenvalue weighted by molar-refractivity contribution is 14.1. The van der Waals surface area contributed by atoms with Gasteiger partial charge in [0.25, 0.3) is 0 Å². The molecule has 15 heavy (non-hydrogen) atoms. The molecule has 0 spiro atoms. The van der Waals surface area contributed by atoms with Gasteiger partial charge in [0.2, 0.25) is 5.91 Å². The van der Waals surface area contributed by atoms with Crippen LogP contribution in [0.3, 0.4) is 0 Å². The van der Waals surface area contributed by atoms with Crippen LogP contribution in [0, 0.1) is 11.8 Å². The molecule has 2 aliphatic carbocycles. The van der Waals surface area contributed by atoms with Crippen molar-refractivity contribution in [2.45, 2.75) is 25.3 Å². The third kappa shape index (κ3) is 1.62. The van der Waals surface area contributed by atoms with Crippen molar-refractivity contribution >= 4 is 28.8 Å². The fraction of sp³-hybridized carbons (Fsp3) is 0.727. The van der Waals surface area contributed by atoms with Gasteiger partial charge < -0.3 is 4.90 Å². The topological polar surface area (TPSA) is 32.3 Å². The van der Waals surface area contributed by atoms with Crippen molar-refractivity contribution < 1.29 is 4.79 Å². The second-order valence-corrected chi connectivity index (χ2v) is 5.55. The lowest BCUT2D eigenvalue weighted by molar-refractivity contribution is -0.129. The SMILES string of the molecule is O=C(C1=CCC1)N1CC2CC2C1CNI. The molecule has 3 rings (SSSR count). The molecular weight excluding hydrogens is 303 g/mol. The first kappa shape index (κ1) is 10.1. The number of nitrogens with zero attached hydrogens (tertiary/aromatic N) is 1. The van der Waals surface area contributed by atoms with E-state index in [0.717, 1.165) is 43.3 Å². The van der Waals surface area contributed by atoms with Gasteiger partial charge >= 0.3 is 0 Å². The molecular formula is C11H15IN2O. The van der Waals surface area contributed by atoms with Gasteiger partial charge in [0.1, 0.15) is 0 Å². The van der Waals surface area contributed by atoms with Crippen LogP contribution < -0.4 is 3.53 Å². The maximum Gasteiger partial charge on any atom is 0.249 e. The zero-order chi connectivity index (χ0) is 10.4. The van der Waals surface area contributed by atoms with E-state index in [1.54, 1.807) is 0 Å². The van der Waals surface area contributed by atoms with Crippen molar-refractivity contribution in [3.05, 3.63) is 11.6 Å². The molecule has 2 fully saturated rings. The van der Waals surface area contributed by atoms with Crippen LogP contribution in [-0.4, -0.2) is 29.9 Å². The molecule has 3 nitrogen and oxygen atoms in total. The highest BCUT2D eigenvalue weighted by Gasteiger charge is 2.53. The number of hydrogen-bond acceptors (Lipinski definition) is 2. The van der Waals surface area contributed by atoms with Gasteiger partial charge in [-0.3, -0.25) is 8.32 Å². The van der Waals surface area contributed by atoms with E-state index in [1.165, 1.54) is 6.42 Å². The lowest BCUT2D eigenvalue weighted by atomic mass is 9.97. The van der Waals surface area contributed by atoms with Crippen molar-refractivity contribution in [3.8, 4) is 0 Å². The molecule has 4 heteroatoms. The zero-order valence-corrected chi connectivity index (χ0v) is 10.7. The minimum absolute atomic E-state index is 0.310. The van der Waals surface area contributed by atoms with E-state index in [4.69, 9.17) is 0 Å². The summed E-state index contributed by atoms with van der Waals surface area (Å²) in [6.45, 7) is 1.95. The van der Waals surface area contributed by atoms with Crippen LogP contribution in [0.5, 0.6) is 0 Å². The standard InChI is InChI=1S/C11H15IN2O/c12-13-5-10-9-4-8(9)6-14(10)11(15)7-2-1-3-7/h2,8-10,13H,1,3-6H2. The molecule has 3 aliphatic rings. The Morgan fingerprint density at radius 2 is 2.47 bits per heavy atom. The number of likely N-dealkylation sites (tertiary alicyclic amines) is 1. The van der Waals surface area contributed by atoms with Crippen molar-refractivity contribution in [1.82, 2.24) is 8.43 Å². The summed E-state index contributed by atoms with van der Waals surface area (Å²) in [7, 11) is 0. The highest BCUT2D eigenvalue weighted by Crippen LogP contribution is 2.50. The minimum atomic E-state index is 0.310. The number of carbonyl (C=O) groups is 1. The Labute approximate surface area is 104 Å². The number of nitrogens with one attached hydrogen (secondary N) is 1. The van der Waals surface area contributed by atoms with Gasteiger partial charge in [0.15, 0.2) is 0 Å². The predicted octanol–water partition coefficient (Wildman–Crippen LogP) is 1.49. The zero-order valence-electron chi connectivity index (χ0n) is 8.58. The second kappa shape index (κ2) is 3.73. The second-order valence-electron chi connectivity index (χ2n) is 4.79. The smallest absolute Gasteiger partial charge is 0.249 e. The number of halogens is 1. The van der Waals surface area contributed by atoms with Gasteiger partial charge in [-0.15, -0.1) is 0 Å². The molecule has 3 unspecified atom stereocenters. The summed E-state index contributed by atoms with van der Waals surface area (Å²) in [5.41, 5.74) is 1.05. The summed E-state index contributed by atoms with van der Waals surface area (Å²) in [4.78, 5) is 14.2. The van der Waals surface area contributed by atoms with Crippen molar-refractivity contribution in [3.63, 3.8) is 0 Å². The maximum atomic E-state index is 12.1. The minimum Gasteiger partial charge on any atom is -0.334 e. The Balaban J connectivity index is 1.72. The number of hydrogen-bond donors (Lipinski definition) is 1. The normalized spacial score (nSPS) is 37.0. The lowest BCUT2D eigenvalue weighted by Crippen LogP contribution is -2.43. The largest absolute Gasteiger partial charge is 0.334 e. The fourth-order valence-corrected chi connectivity index (χ4v) is 3.26. The van der Waals surface area contributed by atoms with E-state index < -0.39 is 0 Å². The molecule has 1 amide bonds. The molecule has 0 aromatic carbocycles. The third-order valence-electron chi connectivity index (χ3n) is 3.93. The molecule has 3 atom stereocenters. The maximum absolute atomic E-state index is 12.1. The average Bonchev–Trinajstić information content (AvgIpc) is 2.81. The van der Waals surface area contributed by atoms with Gasteiger partial charge in [-0.25, -0.2) is 0 Å². The van der Waals surface area contributed by atoms with Crippen LogP contribution in [0.15, 0.2) is 11.6 Å². The van der Waals surface area contributed by atoms with Crippen molar-refractivity contribution in [1.29, 1.82) is 0 Å². The molecule has 1 N–H and O–H groups in total.